The maximum Gasteiger partial charge on any atom is 0.260 e. The summed E-state index contributed by atoms with van der Waals surface area (Å²) < 4.78 is 7.96. The molecule has 8 nitrogen and oxygen atoms in total. The van der Waals surface area contributed by atoms with E-state index in [0.29, 0.717) is 40.3 Å². The van der Waals surface area contributed by atoms with Crippen molar-refractivity contribution in [3.63, 3.8) is 0 Å². The molecule has 0 radical (unpaired) electrons. The number of pyridine rings is 2. The summed E-state index contributed by atoms with van der Waals surface area (Å²) >= 11 is 6.26. The summed E-state index contributed by atoms with van der Waals surface area (Å²) in [6, 6.07) is 12.8. The van der Waals surface area contributed by atoms with Crippen molar-refractivity contribution in [2.45, 2.75) is 26.3 Å². The lowest BCUT2D eigenvalue weighted by Gasteiger charge is -2.15. The number of hydrogen-bond donors (Lipinski definition) is 1. The number of anilines is 1. The molecule has 1 aliphatic heterocycles. The van der Waals surface area contributed by atoms with Gasteiger partial charge in [-0.1, -0.05) is 23.7 Å². The number of fused-ring (bicyclic) bond motifs is 5. The topological polar surface area (TPSA) is 94.8 Å². The van der Waals surface area contributed by atoms with Gasteiger partial charge < -0.3 is 14.6 Å². The molecule has 1 N–H and O–H groups in total. The van der Waals surface area contributed by atoms with Gasteiger partial charge in [-0.25, -0.2) is 4.98 Å². The molecule has 1 aromatic carbocycles. The molecule has 1 aliphatic rings. The first-order valence-electron chi connectivity index (χ1n) is 10.6. The van der Waals surface area contributed by atoms with Crippen LogP contribution in [0.2, 0.25) is 5.02 Å². The van der Waals surface area contributed by atoms with Crippen LogP contribution in [0.3, 0.4) is 0 Å². The maximum absolute atomic E-state index is 13.3. The Morgan fingerprint density at radius 2 is 2.03 bits per heavy atom. The zero-order valence-corrected chi connectivity index (χ0v) is 18.7. The first-order valence-corrected chi connectivity index (χ1v) is 11.0. The van der Waals surface area contributed by atoms with E-state index in [1.54, 1.807) is 24.7 Å². The fourth-order valence-electron chi connectivity index (χ4n) is 3.67. The number of benzene rings is 1. The summed E-state index contributed by atoms with van der Waals surface area (Å²) in [5, 5.41) is 11.7. The highest BCUT2D eigenvalue weighted by molar-refractivity contribution is 6.31. The van der Waals surface area contributed by atoms with Crippen molar-refractivity contribution in [3.05, 3.63) is 71.3 Å². The summed E-state index contributed by atoms with van der Waals surface area (Å²) in [6.07, 6.45) is 5.12. The van der Waals surface area contributed by atoms with Gasteiger partial charge in [-0.3, -0.25) is 9.78 Å². The Balaban J connectivity index is 1.54. The van der Waals surface area contributed by atoms with E-state index in [1.165, 1.54) is 0 Å². The standard InChI is InChI=1S/C24H21ClN6O2/c1-15-19(25)12-17(13-26-15)16-7-8-21-18(11-16)24(32)29-22-6-4-5-20(28-22)23-30-27-14-31(23)9-2-3-10-33-21/h4-8,11-14H,2-3,9-10H2,1H3,(H,28,29,32). The number of nitrogens with one attached hydrogen (secondary N) is 1. The minimum absolute atomic E-state index is 0.318. The molecule has 2 bridgehead atoms. The number of rotatable bonds is 1. The summed E-state index contributed by atoms with van der Waals surface area (Å²) in [4.78, 5) is 22.2. The zero-order valence-electron chi connectivity index (χ0n) is 18.0. The fourth-order valence-corrected chi connectivity index (χ4v) is 3.84. The van der Waals surface area contributed by atoms with Crippen molar-refractivity contribution in [1.29, 1.82) is 0 Å². The van der Waals surface area contributed by atoms with Crippen LogP contribution < -0.4 is 10.1 Å². The average Bonchev–Trinajstić information content (AvgIpc) is 3.29. The van der Waals surface area contributed by atoms with E-state index >= 15 is 0 Å². The summed E-state index contributed by atoms with van der Waals surface area (Å²) in [5.41, 5.74) is 3.45. The quantitative estimate of drug-likeness (QED) is 0.439. The molecule has 0 unspecified atom stereocenters. The molecular weight excluding hydrogens is 440 g/mol. The second kappa shape index (κ2) is 8.99. The number of amides is 1. The van der Waals surface area contributed by atoms with E-state index in [2.05, 4.69) is 25.5 Å². The van der Waals surface area contributed by atoms with Crippen LogP contribution in [0.15, 0.2) is 55.0 Å². The van der Waals surface area contributed by atoms with Crippen molar-refractivity contribution in [3.8, 4) is 28.4 Å². The molecule has 9 heteroatoms. The molecule has 0 aliphatic carbocycles. The number of nitrogens with zero attached hydrogens (tertiary/aromatic N) is 5. The number of aromatic nitrogens is 5. The molecular formula is C24H21ClN6O2. The molecule has 0 fully saturated rings. The van der Waals surface area contributed by atoms with Crippen LogP contribution >= 0.6 is 11.6 Å². The van der Waals surface area contributed by atoms with Crippen LogP contribution in [0.5, 0.6) is 5.75 Å². The molecule has 0 atom stereocenters. The highest BCUT2D eigenvalue weighted by Gasteiger charge is 2.18. The number of aryl methyl sites for hydroxylation is 2. The smallest absolute Gasteiger partial charge is 0.260 e. The van der Waals surface area contributed by atoms with E-state index in [9.17, 15) is 4.79 Å². The summed E-state index contributed by atoms with van der Waals surface area (Å²) in [6.45, 7) is 3.08. The van der Waals surface area contributed by atoms with Crippen LogP contribution in [-0.4, -0.2) is 37.2 Å². The Morgan fingerprint density at radius 1 is 1.12 bits per heavy atom. The summed E-state index contributed by atoms with van der Waals surface area (Å²) in [7, 11) is 0. The van der Waals surface area contributed by atoms with E-state index < -0.39 is 0 Å². The molecule has 0 saturated carbocycles. The zero-order chi connectivity index (χ0) is 22.8. The van der Waals surface area contributed by atoms with Gasteiger partial charge in [0, 0.05) is 18.3 Å². The number of carbonyl (C=O) groups excluding carboxylic acids is 1. The SMILES string of the molecule is Cc1ncc(-c2ccc3c(c2)C(=O)Nc2cccc(n2)-c2nncn2CCCCO3)cc1Cl. The molecule has 166 valence electrons. The lowest BCUT2D eigenvalue weighted by Crippen LogP contribution is -2.16. The number of hydrogen-bond acceptors (Lipinski definition) is 6. The molecule has 4 heterocycles. The van der Waals surface area contributed by atoms with Gasteiger partial charge in [-0.15, -0.1) is 10.2 Å². The van der Waals surface area contributed by atoms with Gasteiger partial charge in [0.25, 0.3) is 5.91 Å². The van der Waals surface area contributed by atoms with Crippen LogP contribution in [0.25, 0.3) is 22.6 Å². The van der Waals surface area contributed by atoms with Crippen LogP contribution in [0.1, 0.15) is 28.9 Å². The molecule has 4 aromatic rings. The van der Waals surface area contributed by atoms with E-state index in [4.69, 9.17) is 16.3 Å². The highest BCUT2D eigenvalue weighted by Crippen LogP contribution is 2.30. The predicted molar refractivity (Wildman–Crippen MR) is 125 cm³/mol. The first kappa shape index (κ1) is 21.1. The van der Waals surface area contributed by atoms with Gasteiger partial charge >= 0.3 is 0 Å². The van der Waals surface area contributed by atoms with Crippen molar-refractivity contribution < 1.29 is 9.53 Å². The van der Waals surface area contributed by atoms with Crippen LogP contribution in [0, 0.1) is 6.92 Å². The van der Waals surface area contributed by atoms with Crippen molar-refractivity contribution in [2.24, 2.45) is 0 Å². The lowest BCUT2D eigenvalue weighted by molar-refractivity contribution is 0.102. The monoisotopic (exact) mass is 460 g/mol. The van der Waals surface area contributed by atoms with E-state index in [0.717, 1.165) is 36.2 Å². The van der Waals surface area contributed by atoms with Gasteiger partial charge in [-0.2, -0.15) is 0 Å². The third-order valence-electron chi connectivity index (χ3n) is 5.47. The van der Waals surface area contributed by atoms with Crippen LogP contribution in [0.4, 0.5) is 5.82 Å². The van der Waals surface area contributed by atoms with Gasteiger partial charge in [-0.05, 0) is 55.7 Å². The number of halogens is 1. The predicted octanol–water partition coefficient (Wildman–Crippen LogP) is 4.79. The minimum Gasteiger partial charge on any atom is -0.493 e. The Hall–Kier alpha value is -3.78. The van der Waals surface area contributed by atoms with Crippen LogP contribution in [-0.2, 0) is 6.54 Å². The lowest BCUT2D eigenvalue weighted by atomic mass is 10.0. The number of ether oxygens (including phenoxy) is 1. The molecule has 33 heavy (non-hydrogen) atoms. The highest BCUT2D eigenvalue weighted by atomic mass is 35.5. The maximum atomic E-state index is 13.3. The number of carbonyl (C=O) groups is 1. The fraction of sp³-hybridized carbons (Fsp3) is 0.208. The third-order valence-corrected chi connectivity index (χ3v) is 5.85. The van der Waals surface area contributed by atoms with E-state index in [1.807, 2.05) is 41.8 Å². The Labute approximate surface area is 195 Å². The van der Waals surface area contributed by atoms with Crippen molar-refractivity contribution >= 4 is 23.3 Å². The Morgan fingerprint density at radius 3 is 2.91 bits per heavy atom. The third kappa shape index (κ3) is 4.42. The normalized spacial score (nSPS) is 13.8. The molecule has 0 saturated heterocycles. The molecule has 5 rings (SSSR count). The van der Waals surface area contributed by atoms with Gasteiger partial charge in [0.05, 0.1) is 22.9 Å². The summed E-state index contributed by atoms with van der Waals surface area (Å²) in [5.74, 6) is 1.28. The van der Waals surface area contributed by atoms with Crippen molar-refractivity contribution in [2.75, 3.05) is 11.9 Å². The second-order valence-corrected chi connectivity index (χ2v) is 8.18. The average molecular weight is 461 g/mol. The molecule has 1 amide bonds. The minimum atomic E-state index is -0.318. The molecule has 0 spiro atoms. The Bertz CT molecular complexity index is 1340. The second-order valence-electron chi connectivity index (χ2n) is 7.77. The van der Waals surface area contributed by atoms with Gasteiger partial charge in [0.15, 0.2) is 5.82 Å². The Kier molecular flexibility index (Phi) is 5.75. The molecule has 3 aromatic heterocycles. The largest absolute Gasteiger partial charge is 0.493 e. The van der Waals surface area contributed by atoms with Gasteiger partial charge in [0.1, 0.15) is 23.6 Å². The van der Waals surface area contributed by atoms with Gasteiger partial charge in [0.2, 0.25) is 0 Å². The van der Waals surface area contributed by atoms with Crippen molar-refractivity contribution in [1.82, 2.24) is 24.7 Å². The van der Waals surface area contributed by atoms with E-state index in [-0.39, 0.29) is 5.91 Å². The first-order chi connectivity index (χ1) is 16.1.